The topological polar surface area (TPSA) is 12.0 Å². The van der Waals surface area contributed by atoms with E-state index in [-0.39, 0.29) is 6.04 Å². The van der Waals surface area contributed by atoms with Crippen LogP contribution >= 0.6 is 11.3 Å². The lowest BCUT2D eigenvalue weighted by atomic mass is 10.1. The van der Waals surface area contributed by atoms with Crippen LogP contribution < -0.4 is 5.32 Å². The first kappa shape index (κ1) is 13.2. The van der Waals surface area contributed by atoms with Crippen molar-refractivity contribution >= 4 is 11.3 Å². The average molecular weight is 267 g/mol. The molecule has 96 valence electrons. The van der Waals surface area contributed by atoms with Gasteiger partial charge in [-0.3, -0.25) is 0 Å². The SMILES string of the molecule is CC(NCCc1cc(F)cc(F)c1)c1cccs1. The molecule has 0 radical (unpaired) electrons. The third-order valence-electron chi connectivity index (χ3n) is 2.76. The Morgan fingerprint density at radius 2 is 1.94 bits per heavy atom. The Balaban J connectivity index is 1.85. The van der Waals surface area contributed by atoms with Gasteiger partial charge in [-0.15, -0.1) is 11.3 Å². The fourth-order valence-corrected chi connectivity index (χ4v) is 2.59. The Bertz CT molecular complexity index is 476. The molecule has 0 amide bonds. The predicted molar refractivity (Wildman–Crippen MR) is 70.8 cm³/mol. The summed E-state index contributed by atoms with van der Waals surface area (Å²) in [5.41, 5.74) is 0.679. The minimum Gasteiger partial charge on any atom is -0.309 e. The molecule has 0 fully saturated rings. The molecule has 18 heavy (non-hydrogen) atoms. The van der Waals surface area contributed by atoms with Crippen LogP contribution in [0.2, 0.25) is 0 Å². The van der Waals surface area contributed by atoms with Crippen LogP contribution in [0.25, 0.3) is 0 Å². The van der Waals surface area contributed by atoms with E-state index in [4.69, 9.17) is 0 Å². The minimum atomic E-state index is -0.517. The number of hydrogen-bond donors (Lipinski definition) is 1. The molecule has 0 saturated heterocycles. The molecule has 2 aromatic rings. The van der Waals surface area contributed by atoms with Crippen molar-refractivity contribution < 1.29 is 8.78 Å². The van der Waals surface area contributed by atoms with E-state index < -0.39 is 11.6 Å². The van der Waals surface area contributed by atoms with Gasteiger partial charge >= 0.3 is 0 Å². The molecule has 1 aromatic heterocycles. The molecule has 1 heterocycles. The molecule has 0 bridgehead atoms. The van der Waals surface area contributed by atoms with Gasteiger partial charge in [-0.25, -0.2) is 8.78 Å². The van der Waals surface area contributed by atoms with Crippen LogP contribution in [0, 0.1) is 11.6 Å². The van der Waals surface area contributed by atoms with E-state index in [1.165, 1.54) is 17.0 Å². The smallest absolute Gasteiger partial charge is 0.126 e. The van der Waals surface area contributed by atoms with Crippen LogP contribution in [0.1, 0.15) is 23.4 Å². The second-order valence-electron chi connectivity index (χ2n) is 4.22. The van der Waals surface area contributed by atoms with Crippen LogP contribution in [-0.4, -0.2) is 6.54 Å². The third kappa shape index (κ3) is 3.62. The van der Waals surface area contributed by atoms with E-state index in [1.54, 1.807) is 11.3 Å². The summed E-state index contributed by atoms with van der Waals surface area (Å²) >= 11 is 1.70. The summed E-state index contributed by atoms with van der Waals surface area (Å²) in [5.74, 6) is -1.03. The molecular formula is C14H15F2NS. The van der Waals surface area contributed by atoms with Crippen molar-refractivity contribution in [2.45, 2.75) is 19.4 Å². The minimum absolute atomic E-state index is 0.267. The summed E-state index contributed by atoms with van der Waals surface area (Å²) in [5, 5.41) is 5.38. The lowest BCUT2D eigenvalue weighted by Crippen LogP contribution is -2.20. The van der Waals surface area contributed by atoms with Gasteiger partial charge in [0.1, 0.15) is 11.6 Å². The van der Waals surface area contributed by atoms with Gasteiger partial charge in [0.15, 0.2) is 0 Å². The van der Waals surface area contributed by atoms with Crippen molar-refractivity contribution in [3.05, 3.63) is 57.8 Å². The molecule has 0 spiro atoms. The van der Waals surface area contributed by atoms with Crippen molar-refractivity contribution in [2.24, 2.45) is 0 Å². The number of thiophene rings is 1. The van der Waals surface area contributed by atoms with Crippen LogP contribution in [0.4, 0.5) is 8.78 Å². The molecule has 0 saturated carbocycles. The van der Waals surface area contributed by atoms with Gasteiger partial charge < -0.3 is 5.32 Å². The highest BCUT2D eigenvalue weighted by Crippen LogP contribution is 2.18. The van der Waals surface area contributed by atoms with Crippen LogP contribution in [0.15, 0.2) is 35.7 Å². The predicted octanol–water partition coefficient (Wildman–Crippen LogP) is 3.92. The number of hydrogen-bond acceptors (Lipinski definition) is 2. The van der Waals surface area contributed by atoms with E-state index in [0.29, 0.717) is 18.5 Å². The summed E-state index contributed by atoms with van der Waals surface area (Å²) in [7, 11) is 0. The number of benzene rings is 1. The maximum absolute atomic E-state index is 13.0. The molecule has 4 heteroatoms. The van der Waals surface area contributed by atoms with Crippen molar-refractivity contribution in [3.8, 4) is 0 Å². The van der Waals surface area contributed by atoms with Crippen LogP contribution in [0.3, 0.4) is 0 Å². The summed E-state index contributed by atoms with van der Waals surface area (Å²) in [4.78, 5) is 1.26. The van der Waals surface area contributed by atoms with Gasteiger partial charge in [0.25, 0.3) is 0 Å². The fourth-order valence-electron chi connectivity index (χ4n) is 1.83. The lowest BCUT2D eigenvalue weighted by molar-refractivity contribution is 0.567. The lowest BCUT2D eigenvalue weighted by Gasteiger charge is -2.12. The third-order valence-corrected chi connectivity index (χ3v) is 3.81. The summed E-state index contributed by atoms with van der Waals surface area (Å²) in [6.45, 7) is 2.78. The molecular weight excluding hydrogens is 252 g/mol. The van der Waals surface area contributed by atoms with E-state index in [2.05, 4.69) is 18.3 Å². The molecule has 0 aliphatic heterocycles. The van der Waals surface area contributed by atoms with Crippen molar-refractivity contribution in [2.75, 3.05) is 6.54 Å². The molecule has 1 N–H and O–H groups in total. The number of nitrogens with one attached hydrogen (secondary N) is 1. The number of halogens is 2. The zero-order valence-electron chi connectivity index (χ0n) is 10.1. The largest absolute Gasteiger partial charge is 0.309 e. The summed E-state index contributed by atoms with van der Waals surface area (Å²) in [6.07, 6.45) is 0.615. The zero-order valence-corrected chi connectivity index (χ0v) is 10.9. The Labute approximate surface area is 109 Å². The van der Waals surface area contributed by atoms with E-state index in [0.717, 1.165) is 6.07 Å². The van der Waals surface area contributed by atoms with E-state index >= 15 is 0 Å². The van der Waals surface area contributed by atoms with Gasteiger partial charge in [0, 0.05) is 17.0 Å². The van der Waals surface area contributed by atoms with Gasteiger partial charge in [-0.05, 0) is 49.0 Å². The van der Waals surface area contributed by atoms with Crippen LogP contribution in [-0.2, 0) is 6.42 Å². The van der Waals surface area contributed by atoms with Crippen LogP contribution in [0.5, 0.6) is 0 Å². The van der Waals surface area contributed by atoms with Gasteiger partial charge in [0.05, 0.1) is 0 Å². The second-order valence-corrected chi connectivity index (χ2v) is 5.20. The molecule has 1 aromatic carbocycles. The first-order chi connectivity index (χ1) is 8.65. The standard InChI is InChI=1S/C14H15F2NS/c1-10(14-3-2-6-18-14)17-5-4-11-7-12(15)9-13(16)8-11/h2-3,6-10,17H,4-5H2,1H3. The molecule has 0 aliphatic carbocycles. The highest BCUT2D eigenvalue weighted by molar-refractivity contribution is 7.10. The Morgan fingerprint density at radius 1 is 1.22 bits per heavy atom. The second kappa shape index (κ2) is 6.07. The van der Waals surface area contributed by atoms with Crippen molar-refractivity contribution in [1.82, 2.24) is 5.32 Å². The first-order valence-electron chi connectivity index (χ1n) is 5.87. The molecule has 1 nitrogen and oxygen atoms in total. The highest BCUT2D eigenvalue weighted by atomic mass is 32.1. The van der Waals surface area contributed by atoms with E-state index in [9.17, 15) is 8.78 Å². The Hall–Kier alpha value is -1.26. The highest BCUT2D eigenvalue weighted by Gasteiger charge is 2.05. The molecule has 2 rings (SSSR count). The Kier molecular flexibility index (Phi) is 4.44. The monoisotopic (exact) mass is 267 g/mol. The summed E-state index contributed by atoms with van der Waals surface area (Å²) in [6, 6.07) is 8.00. The Morgan fingerprint density at radius 3 is 2.56 bits per heavy atom. The van der Waals surface area contributed by atoms with Gasteiger partial charge in [-0.2, -0.15) is 0 Å². The molecule has 0 aliphatic rings. The number of rotatable bonds is 5. The first-order valence-corrected chi connectivity index (χ1v) is 6.75. The van der Waals surface area contributed by atoms with Gasteiger partial charge in [-0.1, -0.05) is 6.07 Å². The zero-order chi connectivity index (χ0) is 13.0. The van der Waals surface area contributed by atoms with E-state index in [1.807, 2.05) is 11.4 Å². The normalized spacial score (nSPS) is 12.6. The fraction of sp³-hybridized carbons (Fsp3) is 0.286. The maximum atomic E-state index is 13.0. The van der Waals surface area contributed by atoms with Crippen molar-refractivity contribution in [1.29, 1.82) is 0 Å². The van der Waals surface area contributed by atoms with Gasteiger partial charge in [0.2, 0.25) is 0 Å². The average Bonchev–Trinajstić information content (AvgIpc) is 2.80. The van der Waals surface area contributed by atoms with Crippen molar-refractivity contribution in [3.63, 3.8) is 0 Å². The summed E-state index contributed by atoms with van der Waals surface area (Å²) < 4.78 is 26.0. The molecule has 1 atom stereocenters. The molecule has 1 unspecified atom stereocenters. The quantitative estimate of drug-likeness (QED) is 0.865. The maximum Gasteiger partial charge on any atom is 0.126 e.